The third kappa shape index (κ3) is 4.15. The maximum atomic E-state index is 13.5. The minimum Gasteiger partial charge on any atom is -0.507 e. The molecule has 1 aliphatic rings. The van der Waals surface area contributed by atoms with Crippen LogP contribution in [0.25, 0.3) is 5.76 Å². The Bertz CT molecular complexity index is 1380. The third-order valence-electron chi connectivity index (χ3n) is 6.19. The van der Waals surface area contributed by atoms with Gasteiger partial charge in [0, 0.05) is 16.3 Å². The number of anilines is 1. The standard InChI is InChI=1S/C28H26ClNO5/c1-15-12-17(3)27(35-5)20(13-15)25(31)23-24(19-8-6-7-9-22(19)34-4)30(28(33)26(23)32)18-11-10-16(2)21(29)14-18/h6-14,24,31H,1-5H3/b25-23+. The zero-order chi connectivity index (χ0) is 25.4. The van der Waals surface area contributed by atoms with E-state index < -0.39 is 17.7 Å². The lowest BCUT2D eigenvalue weighted by Gasteiger charge is -2.27. The van der Waals surface area contributed by atoms with Gasteiger partial charge in [-0.2, -0.15) is 0 Å². The molecule has 180 valence electrons. The summed E-state index contributed by atoms with van der Waals surface area (Å²) in [6.07, 6.45) is 0. The zero-order valence-corrected chi connectivity index (χ0v) is 20.9. The predicted octanol–water partition coefficient (Wildman–Crippen LogP) is 5.91. The van der Waals surface area contributed by atoms with Crippen molar-refractivity contribution in [1.29, 1.82) is 0 Å². The normalized spacial score (nSPS) is 17.1. The minimum atomic E-state index is -0.949. The van der Waals surface area contributed by atoms with E-state index in [1.54, 1.807) is 48.5 Å². The van der Waals surface area contributed by atoms with Gasteiger partial charge in [-0.3, -0.25) is 14.5 Å². The van der Waals surface area contributed by atoms with Crippen molar-refractivity contribution < 1.29 is 24.2 Å². The Labute approximate surface area is 209 Å². The van der Waals surface area contributed by atoms with Crippen LogP contribution in [0.2, 0.25) is 5.02 Å². The first kappa shape index (κ1) is 24.4. The molecule has 3 aromatic rings. The van der Waals surface area contributed by atoms with Crippen LogP contribution < -0.4 is 14.4 Å². The molecule has 1 fully saturated rings. The van der Waals surface area contributed by atoms with Crippen molar-refractivity contribution in [1.82, 2.24) is 0 Å². The molecular weight excluding hydrogens is 466 g/mol. The summed E-state index contributed by atoms with van der Waals surface area (Å²) in [5.41, 5.74) is 3.77. The topological polar surface area (TPSA) is 76.1 Å². The average Bonchev–Trinajstić information content (AvgIpc) is 3.10. The Morgan fingerprint density at radius 3 is 2.31 bits per heavy atom. The van der Waals surface area contributed by atoms with Crippen LogP contribution in [0.15, 0.2) is 60.2 Å². The van der Waals surface area contributed by atoms with E-state index in [0.717, 1.165) is 16.7 Å². The summed E-state index contributed by atoms with van der Waals surface area (Å²) < 4.78 is 11.1. The van der Waals surface area contributed by atoms with E-state index in [1.165, 1.54) is 19.1 Å². The number of amides is 1. The first-order valence-corrected chi connectivity index (χ1v) is 11.4. The van der Waals surface area contributed by atoms with Crippen LogP contribution in [-0.2, 0) is 9.59 Å². The molecule has 6 nitrogen and oxygen atoms in total. The first-order chi connectivity index (χ1) is 16.7. The van der Waals surface area contributed by atoms with Crippen molar-refractivity contribution in [2.24, 2.45) is 0 Å². The molecule has 0 bridgehead atoms. The van der Waals surface area contributed by atoms with E-state index in [0.29, 0.717) is 33.3 Å². The second-order valence-electron chi connectivity index (χ2n) is 8.51. The highest BCUT2D eigenvalue weighted by atomic mass is 35.5. The summed E-state index contributed by atoms with van der Waals surface area (Å²) in [5.74, 6) is -0.997. The van der Waals surface area contributed by atoms with Crippen LogP contribution in [-0.4, -0.2) is 31.0 Å². The molecule has 1 N–H and O–H groups in total. The van der Waals surface area contributed by atoms with Crippen molar-refractivity contribution in [2.45, 2.75) is 26.8 Å². The number of carbonyl (C=O) groups is 2. The van der Waals surface area contributed by atoms with E-state index in [9.17, 15) is 14.7 Å². The number of nitrogens with zero attached hydrogens (tertiary/aromatic N) is 1. The van der Waals surface area contributed by atoms with Crippen LogP contribution in [0.5, 0.6) is 11.5 Å². The van der Waals surface area contributed by atoms with Crippen LogP contribution in [0, 0.1) is 20.8 Å². The molecule has 0 saturated carbocycles. The number of hydrogen-bond acceptors (Lipinski definition) is 5. The Hall–Kier alpha value is -3.77. The van der Waals surface area contributed by atoms with Gasteiger partial charge in [-0.25, -0.2) is 0 Å². The fourth-order valence-electron chi connectivity index (χ4n) is 4.56. The quantitative estimate of drug-likeness (QED) is 0.273. The largest absolute Gasteiger partial charge is 0.507 e. The van der Waals surface area contributed by atoms with E-state index in [2.05, 4.69) is 0 Å². The van der Waals surface area contributed by atoms with E-state index in [-0.39, 0.29) is 11.3 Å². The van der Waals surface area contributed by atoms with E-state index in [1.807, 2.05) is 26.8 Å². The number of ketones is 1. The molecule has 0 aromatic heterocycles. The molecule has 0 spiro atoms. The molecule has 1 amide bonds. The van der Waals surface area contributed by atoms with Gasteiger partial charge in [-0.1, -0.05) is 41.9 Å². The summed E-state index contributed by atoms with van der Waals surface area (Å²) in [6.45, 7) is 5.59. The second-order valence-corrected chi connectivity index (χ2v) is 8.91. The van der Waals surface area contributed by atoms with Crippen molar-refractivity contribution >= 4 is 34.7 Å². The number of Topliss-reactive ketones (excluding diaryl/α,β-unsaturated/α-hetero) is 1. The van der Waals surface area contributed by atoms with E-state index in [4.69, 9.17) is 21.1 Å². The average molecular weight is 492 g/mol. The van der Waals surface area contributed by atoms with Gasteiger partial charge in [-0.15, -0.1) is 0 Å². The summed E-state index contributed by atoms with van der Waals surface area (Å²) in [6, 6.07) is 14.9. The van der Waals surface area contributed by atoms with Gasteiger partial charge in [-0.05, 0) is 61.7 Å². The third-order valence-corrected chi connectivity index (χ3v) is 6.60. The fourth-order valence-corrected chi connectivity index (χ4v) is 4.74. The maximum Gasteiger partial charge on any atom is 0.300 e. The molecule has 7 heteroatoms. The van der Waals surface area contributed by atoms with Gasteiger partial charge in [0.05, 0.1) is 31.4 Å². The minimum absolute atomic E-state index is 0.0560. The molecule has 35 heavy (non-hydrogen) atoms. The molecule has 3 aromatic carbocycles. The second kappa shape index (κ2) is 9.47. The van der Waals surface area contributed by atoms with Gasteiger partial charge in [0.2, 0.25) is 0 Å². The number of para-hydroxylation sites is 1. The summed E-state index contributed by atoms with van der Waals surface area (Å²) in [4.78, 5) is 28.3. The smallest absolute Gasteiger partial charge is 0.300 e. The number of halogens is 1. The highest BCUT2D eigenvalue weighted by molar-refractivity contribution is 6.52. The van der Waals surface area contributed by atoms with E-state index >= 15 is 0 Å². The van der Waals surface area contributed by atoms with Gasteiger partial charge in [0.15, 0.2) is 0 Å². The summed E-state index contributed by atoms with van der Waals surface area (Å²) >= 11 is 6.37. The predicted molar refractivity (Wildman–Crippen MR) is 136 cm³/mol. The molecule has 1 saturated heterocycles. The molecule has 4 rings (SSSR count). The molecule has 1 atom stereocenters. The Kier molecular flexibility index (Phi) is 6.59. The number of aliphatic hydroxyl groups excluding tert-OH is 1. The molecule has 1 aliphatic heterocycles. The number of aryl methyl sites for hydroxylation is 3. The molecular formula is C28H26ClNO5. The Morgan fingerprint density at radius 2 is 1.66 bits per heavy atom. The van der Waals surface area contributed by atoms with Gasteiger partial charge in [0.1, 0.15) is 17.3 Å². The number of hydrogen-bond donors (Lipinski definition) is 1. The molecule has 0 radical (unpaired) electrons. The Morgan fingerprint density at radius 1 is 0.943 bits per heavy atom. The highest BCUT2D eigenvalue weighted by Gasteiger charge is 2.48. The maximum absolute atomic E-state index is 13.5. The number of benzene rings is 3. The number of methoxy groups -OCH3 is 2. The van der Waals surface area contributed by atoms with Crippen molar-refractivity contribution in [3.8, 4) is 11.5 Å². The highest BCUT2D eigenvalue weighted by Crippen LogP contribution is 2.46. The lowest BCUT2D eigenvalue weighted by molar-refractivity contribution is -0.132. The van der Waals surface area contributed by atoms with Crippen LogP contribution in [0.1, 0.15) is 33.9 Å². The van der Waals surface area contributed by atoms with Gasteiger partial charge in [0.25, 0.3) is 11.7 Å². The number of aliphatic hydroxyl groups is 1. The lowest BCUT2D eigenvalue weighted by Crippen LogP contribution is -2.29. The monoisotopic (exact) mass is 491 g/mol. The van der Waals surface area contributed by atoms with Crippen LogP contribution in [0.3, 0.4) is 0 Å². The summed E-state index contributed by atoms with van der Waals surface area (Å²) in [7, 11) is 3.01. The molecule has 0 aliphatic carbocycles. The SMILES string of the molecule is COc1ccccc1C1/C(=C(\O)c2cc(C)cc(C)c2OC)C(=O)C(=O)N1c1ccc(C)c(Cl)c1. The Balaban J connectivity index is 2.05. The van der Waals surface area contributed by atoms with Crippen molar-refractivity contribution in [2.75, 3.05) is 19.1 Å². The fraction of sp³-hybridized carbons (Fsp3) is 0.214. The van der Waals surface area contributed by atoms with Crippen molar-refractivity contribution in [3.63, 3.8) is 0 Å². The van der Waals surface area contributed by atoms with Crippen molar-refractivity contribution in [3.05, 3.63) is 93.0 Å². The van der Waals surface area contributed by atoms with Crippen LogP contribution in [0.4, 0.5) is 5.69 Å². The number of carbonyl (C=O) groups excluding carboxylic acids is 2. The summed E-state index contributed by atoms with van der Waals surface area (Å²) in [5, 5.41) is 12.0. The van der Waals surface area contributed by atoms with Crippen LogP contribution >= 0.6 is 11.6 Å². The number of ether oxygens (including phenoxy) is 2. The molecule has 1 heterocycles. The molecule has 1 unspecified atom stereocenters. The lowest BCUT2D eigenvalue weighted by atomic mass is 9.93. The zero-order valence-electron chi connectivity index (χ0n) is 20.2. The first-order valence-electron chi connectivity index (χ1n) is 11.0. The van der Waals surface area contributed by atoms with Gasteiger partial charge < -0.3 is 14.6 Å². The number of rotatable bonds is 5. The van der Waals surface area contributed by atoms with Gasteiger partial charge >= 0.3 is 0 Å².